The molecular formula is C21H32N4O2. The van der Waals surface area contributed by atoms with Gasteiger partial charge in [-0.2, -0.15) is 0 Å². The smallest absolute Gasteiger partial charge is 0.409 e. The fourth-order valence-electron chi connectivity index (χ4n) is 3.66. The van der Waals surface area contributed by atoms with E-state index < -0.39 is 0 Å². The first-order valence-electron chi connectivity index (χ1n) is 10.1. The van der Waals surface area contributed by atoms with Crippen LogP contribution >= 0.6 is 0 Å². The number of amides is 1. The van der Waals surface area contributed by atoms with Gasteiger partial charge in [0.25, 0.3) is 0 Å². The molecule has 6 nitrogen and oxygen atoms in total. The highest BCUT2D eigenvalue weighted by atomic mass is 16.6. The molecule has 6 heteroatoms. The molecule has 1 amide bonds. The summed E-state index contributed by atoms with van der Waals surface area (Å²) >= 11 is 0. The number of nitrogens with two attached hydrogens (primary N) is 1. The van der Waals surface area contributed by atoms with E-state index in [4.69, 9.17) is 10.5 Å². The number of carbonyl (C=O) groups is 1. The van der Waals surface area contributed by atoms with Gasteiger partial charge in [-0.3, -0.25) is 0 Å². The fraction of sp³-hybridized carbons (Fsp3) is 0.619. The molecule has 1 aliphatic heterocycles. The van der Waals surface area contributed by atoms with E-state index in [1.165, 1.54) is 11.1 Å². The highest BCUT2D eigenvalue weighted by molar-refractivity contribution is 5.78. The Bertz CT molecular complexity index is 663. The van der Waals surface area contributed by atoms with Gasteiger partial charge >= 0.3 is 6.09 Å². The second-order valence-electron chi connectivity index (χ2n) is 7.85. The van der Waals surface area contributed by atoms with Crippen molar-refractivity contribution < 1.29 is 9.53 Å². The normalized spacial score (nSPS) is 23.4. The van der Waals surface area contributed by atoms with Crippen LogP contribution in [0.4, 0.5) is 4.79 Å². The first kappa shape index (κ1) is 19.5. The molecule has 1 aromatic rings. The Morgan fingerprint density at radius 3 is 2.56 bits per heavy atom. The van der Waals surface area contributed by atoms with Crippen molar-refractivity contribution in [1.82, 2.24) is 10.2 Å². The highest BCUT2D eigenvalue weighted by Gasteiger charge is 2.38. The molecule has 148 valence electrons. The van der Waals surface area contributed by atoms with Gasteiger partial charge in [-0.05, 0) is 43.2 Å². The van der Waals surface area contributed by atoms with Gasteiger partial charge in [0.15, 0.2) is 5.96 Å². The molecule has 27 heavy (non-hydrogen) atoms. The van der Waals surface area contributed by atoms with Crippen molar-refractivity contribution in [3.8, 4) is 0 Å². The molecule has 1 aromatic carbocycles. The number of hydrogen-bond acceptors (Lipinski definition) is 3. The summed E-state index contributed by atoms with van der Waals surface area (Å²) in [6, 6.07) is 9.44. The summed E-state index contributed by atoms with van der Waals surface area (Å²) in [4.78, 5) is 18.2. The molecule has 1 aliphatic carbocycles. The summed E-state index contributed by atoms with van der Waals surface area (Å²) in [7, 11) is 0. The van der Waals surface area contributed by atoms with Crippen molar-refractivity contribution in [3.05, 3.63) is 35.4 Å². The number of ether oxygens (including phenoxy) is 1. The van der Waals surface area contributed by atoms with E-state index in [2.05, 4.69) is 48.4 Å². The molecule has 0 radical (unpaired) electrons. The summed E-state index contributed by atoms with van der Waals surface area (Å²) in [5, 5.41) is 3.33. The number of benzene rings is 1. The van der Waals surface area contributed by atoms with E-state index in [1.807, 2.05) is 6.92 Å². The van der Waals surface area contributed by atoms with Crippen LogP contribution in [0.1, 0.15) is 63.0 Å². The van der Waals surface area contributed by atoms with Crippen molar-refractivity contribution >= 4 is 12.1 Å². The standard InChI is InChI=1S/C21H32N4O2/c1-4-27-21(26)25-11-9-17(10-12-25)23-20(22)24-19-13-18(19)16-7-5-15(6-8-16)14(2)3/h5-8,14,17-19H,4,9-13H2,1-3H3,(H3,22,23,24). The maximum Gasteiger partial charge on any atom is 0.409 e. The number of hydrogen-bond donors (Lipinski definition) is 2. The van der Waals surface area contributed by atoms with Gasteiger partial charge in [-0.1, -0.05) is 38.1 Å². The van der Waals surface area contributed by atoms with E-state index in [1.54, 1.807) is 4.90 Å². The summed E-state index contributed by atoms with van der Waals surface area (Å²) in [6.07, 6.45) is 2.56. The van der Waals surface area contributed by atoms with Gasteiger partial charge in [-0.15, -0.1) is 0 Å². The maximum atomic E-state index is 11.7. The van der Waals surface area contributed by atoms with Crippen LogP contribution in [0.15, 0.2) is 29.3 Å². The van der Waals surface area contributed by atoms with E-state index in [-0.39, 0.29) is 18.2 Å². The summed E-state index contributed by atoms with van der Waals surface area (Å²) in [5.74, 6) is 1.57. The molecule has 3 rings (SSSR count). The molecule has 2 atom stereocenters. The zero-order chi connectivity index (χ0) is 19.4. The van der Waals surface area contributed by atoms with Crippen molar-refractivity contribution in [2.75, 3.05) is 19.7 Å². The highest BCUT2D eigenvalue weighted by Crippen LogP contribution is 2.43. The Labute approximate surface area is 162 Å². The van der Waals surface area contributed by atoms with E-state index in [0.29, 0.717) is 37.5 Å². The molecule has 2 unspecified atom stereocenters. The van der Waals surface area contributed by atoms with Crippen LogP contribution in [0.3, 0.4) is 0 Å². The zero-order valence-corrected chi connectivity index (χ0v) is 16.6. The second-order valence-corrected chi connectivity index (χ2v) is 7.85. The molecule has 1 saturated heterocycles. The molecular weight excluding hydrogens is 340 g/mol. The van der Waals surface area contributed by atoms with Crippen LogP contribution in [0.2, 0.25) is 0 Å². The number of aliphatic imine (C=N–C) groups is 1. The molecule has 2 fully saturated rings. The average molecular weight is 373 g/mol. The Balaban J connectivity index is 1.45. The molecule has 2 aliphatic rings. The number of piperidine rings is 1. The van der Waals surface area contributed by atoms with Gasteiger partial charge in [0.2, 0.25) is 0 Å². The minimum atomic E-state index is -0.220. The largest absolute Gasteiger partial charge is 0.450 e. The topological polar surface area (TPSA) is 80.0 Å². The zero-order valence-electron chi connectivity index (χ0n) is 16.6. The Kier molecular flexibility index (Phi) is 6.24. The van der Waals surface area contributed by atoms with Crippen LogP contribution < -0.4 is 11.1 Å². The first-order chi connectivity index (χ1) is 13.0. The monoisotopic (exact) mass is 372 g/mol. The molecule has 1 saturated carbocycles. The SMILES string of the molecule is CCOC(=O)N1CCC(NC(N)=NC2CC2c2ccc(C(C)C)cc2)CC1. The Morgan fingerprint density at radius 1 is 1.30 bits per heavy atom. The third-order valence-electron chi connectivity index (χ3n) is 5.47. The third-order valence-corrected chi connectivity index (χ3v) is 5.47. The Hall–Kier alpha value is -2.24. The number of rotatable bonds is 5. The number of nitrogens with zero attached hydrogens (tertiary/aromatic N) is 2. The van der Waals surface area contributed by atoms with Crippen LogP contribution in [-0.2, 0) is 4.74 Å². The van der Waals surface area contributed by atoms with E-state index >= 15 is 0 Å². The quantitative estimate of drug-likeness (QED) is 0.614. The van der Waals surface area contributed by atoms with Crippen LogP contribution in [0.25, 0.3) is 0 Å². The van der Waals surface area contributed by atoms with E-state index in [9.17, 15) is 4.79 Å². The lowest BCUT2D eigenvalue weighted by molar-refractivity contribution is 0.0963. The van der Waals surface area contributed by atoms with Gasteiger partial charge in [0, 0.05) is 25.0 Å². The molecule has 0 aromatic heterocycles. The van der Waals surface area contributed by atoms with Crippen LogP contribution in [-0.4, -0.2) is 48.7 Å². The lowest BCUT2D eigenvalue weighted by Crippen LogP contribution is -2.48. The van der Waals surface area contributed by atoms with Gasteiger partial charge < -0.3 is 20.7 Å². The second kappa shape index (κ2) is 8.63. The number of likely N-dealkylation sites (tertiary alicyclic amines) is 1. The molecule has 0 spiro atoms. The van der Waals surface area contributed by atoms with Crippen LogP contribution in [0.5, 0.6) is 0 Å². The molecule has 0 bridgehead atoms. The fourth-order valence-corrected chi connectivity index (χ4v) is 3.66. The number of carbonyl (C=O) groups excluding carboxylic acids is 1. The van der Waals surface area contributed by atoms with Gasteiger partial charge in [-0.25, -0.2) is 9.79 Å². The summed E-state index contributed by atoms with van der Waals surface area (Å²) in [6.45, 7) is 8.05. The lowest BCUT2D eigenvalue weighted by atomic mass is 10.0. The van der Waals surface area contributed by atoms with Gasteiger partial charge in [0.1, 0.15) is 0 Å². The minimum absolute atomic E-state index is 0.220. The lowest BCUT2D eigenvalue weighted by Gasteiger charge is -2.31. The minimum Gasteiger partial charge on any atom is -0.450 e. The molecule has 1 heterocycles. The Morgan fingerprint density at radius 2 is 1.96 bits per heavy atom. The van der Waals surface area contributed by atoms with Gasteiger partial charge in [0.05, 0.1) is 12.6 Å². The van der Waals surface area contributed by atoms with E-state index in [0.717, 1.165) is 19.3 Å². The predicted molar refractivity (Wildman–Crippen MR) is 108 cm³/mol. The van der Waals surface area contributed by atoms with Crippen molar-refractivity contribution in [1.29, 1.82) is 0 Å². The van der Waals surface area contributed by atoms with Crippen LogP contribution in [0, 0.1) is 0 Å². The predicted octanol–water partition coefficient (Wildman–Crippen LogP) is 3.19. The first-order valence-corrected chi connectivity index (χ1v) is 10.1. The maximum absolute atomic E-state index is 11.7. The summed E-state index contributed by atoms with van der Waals surface area (Å²) in [5.41, 5.74) is 8.85. The third kappa shape index (κ3) is 5.15. The molecule has 3 N–H and O–H groups in total. The van der Waals surface area contributed by atoms with Crippen molar-refractivity contribution in [2.24, 2.45) is 10.7 Å². The summed E-state index contributed by atoms with van der Waals surface area (Å²) < 4.78 is 5.05. The average Bonchev–Trinajstić information content (AvgIpc) is 3.41. The van der Waals surface area contributed by atoms with Crippen molar-refractivity contribution in [3.63, 3.8) is 0 Å². The number of guanidine groups is 1. The van der Waals surface area contributed by atoms with Crippen molar-refractivity contribution in [2.45, 2.75) is 64.0 Å². The number of nitrogens with one attached hydrogen (secondary N) is 1.